The molecular weight excluding hydrogens is 525 g/mol. The summed E-state index contributed by atoms with van der Waals surface area (Å²) >= 11 is 0. The SMILES string of the molecule is [C-]#[N+]c1cc(-c2cc(F)cc(C(C)C)c2CC(=O)NS(=O)(=O)c2cc(C3(OC)COC3)n(C3CC3)n2)ccn1. The summed E-state index contributed by atoms with van der Waals surface area (Å²) in [5.41, 5.74) is 1.75. The summed E-state index contributed by atoms with van der Waals surface area (Å²) in [6.07, 6.45) is 2.85. The van der Waals surface area contributed by atoms with Gasteiger partial charge in [-0.3, -0.25) is 9.48 Å². The molecule has 0 atom stereocenters. The van der Waals surface area contributed by atoms with Crippen LogP contribution in [0.2, 0.25) is 0 Å². The number of aromatic nitrogens is 3. The van der Waals surface area contributed by atoms with Crippen LogP contribution in [-0.4, -0.2) is 49.4 Å². The highest BCUT2D eigenvalue weighted by Gasteiger charge is 2.46. The number of carbonyl (C=O) groups excluding carboxylic acids is 1. The molecule has 3 aromatic rings. The van der Waals surface area contributed by atoms with E-state index in [1.54, 1.807) is 17.9 Å². The fourth-order valence-corrected chi connectivity index (χ4v) is 5.71. The lowest BCUT2D eigenvalue weighted by Gasteiger charge is -2.40. The predicted molar refractivity (Wildman–Crippen MR) is 139 cm³/mol. The number of pyridine rings is 1. The number of rotatable bonds is 9. The number of carbonyl (C=O) groups is 1. The first-order valence-electron chi connectivity index (χ1n) is 12.5. The van der Waals surface area contributed by atoms with Gasteiger partial charge in [0.05, 0.1) is 31.4 Å². The van der Waals surface area contributed by atoms with E-state index in [0.29, 0.717) is 27.9 Å². The standard InChI is InChI=1S/C27H28FN5O5S/c1-16(2)20-10-18(28)11-21(17-7-8-30-24(9-17)29-3)22(20)12-25(34)32-39(35,36)26-13-23(27(37-4)14-38-15-27)33(31-26)19-5-6-19/h7-11,13,16,19H,5-6,12,14-15H2,1-2,4H3,(H,32,34). The maximum atomic E-state index is 14.6. The normalized spacial score (nSPS) is 16.5. The first-order valence-corrected chi connectivity index (χ1v) is 14.0. The minimum atomic E-state index is -4.32. The quantitative estimate of drug-likeness (QED) is 0.398. The first kappa shape index (κ1) is 26.9. The number of hydrogen-bond acceptors (Lipinski definition) is 7. The van der Waals surface area contributed by atoms with Crippen molar-refractivity contribution in [2.75, 3.05) is 20.3 Å². The van der Waals surface area contributed by atoms with Crippen molar-refractivity contribution >= 4 is 21.7 Å². The van der Waals surface area contributed by atoms with Gasteiger partial charge < -0.3 is 14.3 Å². The summed E-state index contributed by atoms with van der Waals surface area (Å²) < 4.78 is 56.0. The highest BCUT2D eigenvalue weighted by Crippen LogP contribution is 2.42. The molecule has 2 fully saturated rings. The smallest absolute Gasteiger partial charge is 0.283 e. The van der Waals surface area contributed by atoms with Crippen LogP contribution in [0.5, 0.6) is 0 Å². The minimum absolute atomic E-state index is 0.0726. The summed E-state index contributed by atoms with van der Waals surface area (Å²) in [5.74, 6) is -1.33. The summed E-state index contributed by atoms with van der Waals surface area (Å²) in [6.45, 7) is 11.5. The van der Waals surface area contributed by atoms with Crippen molar-refractivity contribution in [2.24, 2.45) is 0 Å². The van der Waals surface area contributed by atoms with Gasteiger partial charge in [-0.15, -0.1) is 4.98 Å². The number of amides is 1. The largest absolute Gasteiger partial charge is 0.374 e. The molecule has 0 bridgehead atoms. The molecule has 2 aromatic heterocycles. The molecule has 1 aromatic carbocycles. The number of benzene rings is 1. The van der Waals surface area contributed by atoms with E-state index in [2.05, 4.69) is 19.6 Å². The predicted octanol–water partition coefficient (Wildman–Crippen LogP) is 4.01. The van der Waals surface area contributed by atoms with Crippen molar-refractivity contribution in [3.63, 3.8) is 0 Å². The molecule has 39 heavy (non-hydrogen) atoms. The van der Waals surface area contributed by atoms with Gasteiger partial charge in [-0.25, -0.2) is 9.11 Å². The molecule has 0 radical (unpaired) electrons. The third kappa shape index (κ3) is 5.17. The second-order valence-electron chi connectivity index (χ2n) is 10.1. The molecular formula is C27H28FN5O5S. The van der Waals surface area contributed by atoms with Crippen molar-refractivity contribution in [3.8, 4) is 11.1 Å². The molecule has 12 heteroatoms. The van der Waals surface area contributed by atoms with Gasteiger partial charge in [-0.05, 0) is 65.3 Å². The van der Waals surface area contributed by atoms with Crippen LogP contribution in [0.3, 0.4) is 0 Å². The number of ether oxygens (including phenoxy) is 2. The number of methoxy groups -OCH3 is 1. The Morgan fingerprint density at radius 3 is 2.64 bits per heavy atom. The number of nitrogens with zero attached hydrogens (tertiary/aromatic N) is 4. The third-order valence-electron chi connectivity index (χ3n) is 7.04. The third-order valence-corrected chi connectivity index (χ3v) is 8.28. The van der Waals surface area contributed by atoms with Gasteiger partial charge >= 0.3 is 0 Å². The zero-order valence-electron chi connectivity index (χ0n) is 21.8. The van der Waals surface area contributed by atoms with E-state index in [1.165, 1.54) is 30.5 Å². The Kier molecular flexibility index (Phi) is 7.00. The highest BCUT2D eigenvalue weighted by molar-refractivity contribution is 7.90. The zero-order chi connectivity index (χ0) is 27.9. The number of nitrogens with one attached hydrogen (secondary N) is 1. The van der Waals surface area contributed by atoms with Crippen molar-refractivity contribution in [3.05, 3.63) is 70.6 Å². The van der Waals surface area contributed by atoms with Gasteiger partial charge in [0.15, 0.2) is 10.6 Å². The van der Waals surface area contributed by atoms with Gasteiger partial charge in [0.25, 0.3) is 15.8 Å². The van der Waals surface area contributed by atoms with Crippen LogP contribution >= 0.6 is 0 Å². The molecule has 1 aliphatic carbocycles. The molecule has 0 spiro atoms. The molecule has 10 nitrogen and oxygen atoms in total. The van der Waals surface area contributed by atoms with E-state index >= 15 is 0 Å². The van der Waals surface area contributed by atoms with E-state index in [0.717, 1.165) is 12.8 Å². The second kappa shape index (κ2) is 10.1. The molecule has 204 valence electrons. The molecule has 2 aliphatic rings. The van der Waals surface area contributed by atoms with E-state index < -0.39 is 27.3 Å². The van der Waals surface area contributed by atoms with Crippen molar-refractivity contribution in [1.82, 2.24) is 19.5 Å². The molecule has 3 heterocycles. The Hall–Kier alpha value is -3.66. The molecule has 1 aliphatic heterocycles. The van der Waals surface area contributed by atoms with Gasteiger partial charge in [-0.1, -0.05) is 20.4 Å². The van der Waals surface area contributed by atoms with Crippen LogP contribution in [-0.2, 0) is 36.3 Å². The van der Waals surface area contributed by atoms with E-state index in [9.17, 15) is 17.6 Å². The minimum Gasteiger partial charge on any atom is -0.374 e. The lowest BCUT2D eigenvalue weighted by Crippen LogP contribution is -2.49. The second-order valence-corrected chi connectivity index (χ2v) is 11.8. The van der Waals surface area contributed by atoms with Gasteiger partial charge in [0, 0.05) is 13.2 Å². The first-order chi connectivity index (χ1) is 18.6. The average Bonchev–Trinajstić information content (AvgIpc) is 3.62. The van der Waals surface area contributed by atoms with Crippen LogP contribution in [0.25, 0.3) is 16.0 Å². The molecule has 1 saturated heterocycles. The summed E-state index contributed by atoms with van der Waals surface area (Å²) in [5, 5.41) is 4.06. The van der Waals surface area contributed by atoms with Crippen molar-refractivity contribution in [2.45, 2.75) is 55.7 Å². The van der Waals surface area contributed by atoms with Gasteiger partial charge in [0.2, 0.25) is 5.91 Å². The van der Waals surface area contributed by atoms with Crippen molar-refractivity contribution in [1.29, 1.82) is 0 Å². The van der Waals surface area contributed by atoms with E-state index in [4.69, 9.17) is 16.0 Å². The van der Waals surface area contributed by atoms with Gasteiger partial charge in [-0.2, -0.15) is 13.5 Å². The maximum absolute atomic E-state index is 14.6. The maximum Gasteiger partial charge on any atom is 0.283 e. The topological polar surface area (TPSA) is 117 Å². The lowest BCUT2D eigenvalue weighted by molar-refractivity contribution is -0.206. The Balaban J connectivity index is 1.47. The van der Waals surface area contributed by atoms with Gasteiger partial charge in [0.1, 0.15) is 12.0 Å². The molecule has 1 amide bonds. The Morgan fingerprint density at radius 2 is 2.05 bits per heavy atom. The zero-order valence-corrected chi connectivity index (χ0v) is 22.6. The highest BCUT2D eigenvalue weighted by atomic mass is 32.2. The summed E-state index contributed by atoms with van der Waals surface area (Å²) in [4.78, 5) is 20.5. The molecule has 1 N–H and O–H groups in total. The van der Waals surface area contributed by atoms with E-state index in [1.807, 2.05) is 13.8 Å². The molecule has 5 rings (SSSR count). The summed E-state index contributed by atoms with van der Waals surface area (Å²) in [7, 11) is -2.78. The Labute approximate surface area is 226 Å². The monoisotopic (exact) mass is 553 g/mol. The molecule has 1 saturated carbocycles. The van der Waals surface area contributed by atoms with Crippen LogP contribution in [0.4, 0.5) is 10.2 Å². The fraction of sp³-hybridized carbons (Fsp3) is 0.407. The number of halogens is 1. The lowest BCUT2D eigenvalue weighted by atomic mass is 9.88. The van der Waals surface area contributed by atoms with Crippen LogP contribution in [0.1, 0.15) is 55.5 Å². The van der Waals surface area contributed by atoms with Crippen LogP contribution in [0, 0.1) is 12.4 Å². The van der Waals surface area contributed by atoms with Crippen LogP contribution in [0.15, 0.2) is 41.6 Å². The Morgan fingerprint density at radius 1 is 1.31 bits per heavy atom. The average molecular weight is 554 g/mol. The van der Waals surface area contributed by atoms with Crippen molar-refractivity contribution < 1.29 is 27.1 Å². The number of hydrogen-bond donors (Lipinski definition) is 1. The van der Waals surface area contributed by atoms with E-state index in [-0.39, 0.29) is 42.4 Å². The fourth-order valence-electron chi connectivity index (χ4n) is 4.77. The molecule has 0 unspecified atom stereocenters. The number of sulfonamides is 1. The Bertz CT molecular complexity index is 1580. The van der Waals surface area contributed by atoms with Crippen LogP contribution < -0.4 is 4.72 Å². The summed E-state index contributed by atoms with van der Waals surface area (Å²) in [6, 6.07) is 7.26.